The number of piperidine rings is 2. The molecule has 1 amide bonds. The van der Waals surface area contributed by atoms with Gasteiger partial charge in [-0.05, 0) is 37.8 Å². The number of nitrogens with zero attached hydrogens (tertiary/aromatic N) is 6. The molecule has 0 aromatic carbocycles. The van der Waals surface area contributed by atoms with Gasteiger partial charge in [0.05, 0.1) is 12.0 Å². The van der Waals surface area contributed by atoms with E-state index in [9.17, 15) is 4.79 Å². The second kappa shape index (κ2) is 7.21. The third-order valence-corrected chi connectivity index (χ3v) is 5.21. The third kappa shape index (κ3) is 3.50. The third-order valence-electron chi connectivity index (χ3n) is 5.21. The fraction of sp³-hybridized carbons (Fsp3) is 0.556. The quantitative estimate of drug-likeness (QED) is 0.852. The normalized spacial score (nSPS) is 24.3. The van der Waals surface area contributed by atoms with Gasteiger partial charge in [0.1, 0.15) is 0 Å². The van der Waals surface area contributed by atoms with Gasteiger partial charge in [-0.2, -0.15) is 5.10 Å². The molecule has 2 aromatic heterocycles. The van der Waals surface area contributed by atoms with Gasteiger partial charge in [-0.25, -0.2) is 9.97 Å². The number of carbonyl (C=O) groups excluding carboxylic acids is 1. The van der Waals surface area contributed by atoms with Crippen molar-refractivity contribution in [2.75, 3.05) is 31.1 Å². The fourth-order valence-corrected chi connectivity index (χ4v) is 3.94. The van der Waals surface area contributed by atoms with Crippen LogP contribution in [0, 0.1) is 5.92 Å². The Morgan fingerprint density at radius 1 is 1.00 bits per heavy atom. The molecule has 2 aromatic rings. The number of anilines is 1. The van der Waals surface area contributed by atoms with E-state index >= 15 is 0 Å². The van der Waals surface area contributed by atoms with E-state index in [1.54, 1.807) is 18.6 Å². The average Bonchev–Trinajstić information content (AvgIpc) is 3.23. The first-order valence-corrected chi connectivity index (χ1v) is 9.11. The molecule has 132 valence electrons. The van der Waals surface area contributed by atoms with E-state index in [0.29, 0.717) is 12.6 Å². The molecule has 2 aliphatic rings. The van der Waals surface area contributed by atoms with Crippen molar-refractivity contribution in [1.82, 2.24) is 24.6 Å². The Morgan fingerprint density at radius 3 is 2.64 bits per heavy atom. The van der Waals surface area contributed by atoms with E-state index in [4.69, 9.17) is 0 Å². The second-order valence-electron chi connectivity index (χ2n) is 6.90. The van der Waals surface area contributed by atoms with Crippen LogP contribution in [0.3, 0.4) is 0 Å². The van der Waals surface area contributed by atoms with Gasteiger partial charge in [0.25, 0.3) is 0 Å². The molecular formula is C18H24N6O. The van der Waals surface area contributed by atoms with E-state index in [0.717, 1.165) is 51.3 Å². The summed E-state index contributed by atoms with van der Waals surface area (Å²) in [6, 6.07) is 4.06. The first-order chi connectivity index (χ1) is 12.3. The Hall–Kier alpha value is -2.44. The van der Waals surface area contributed by atoms with E-state index in [1.165, 1.54) is 0 Å². The van der Waals surface area contributed by atoms with E-state index in [1.807, 2.05) is 27.9 Å². The Labute approximate surface area is 147 Å². The van der Waals surface area contributed by atoms with Crippen molar-refractivity contribution in [3.63, 3.8) is 0 Å². The molecule has 7 heteroatoms. The van der Waals surface area contributed by atoms with Gasteiger partial charge in [-0.1, -0.05) is 0 Å². The molecule has 0 saturated carbocycles. The SMILES string of the molecule is O=C([C@H]1CCCN(c2ncccn2)C1)N1CCC[C@@H](n2cccn2)C1. The number of hydrogen-bond donors (Lipinski definition) is 0. The van der Waals surface area contributed by atoms with Crippen LogP contribution in [-0.2, 0) is 4.79 Å². The lowest BCUT2D eigenvalue weighted by Crippen LogP contribution is -2.48. The molecule has 2 aliphatic heterocycles. The van der Waals surface area contributed by atoms with Crippen molar-refractivity contribution in [2.45, 2.75) is 31.7 Å². The molecule has 0 radical (unpaired) electrons. The summed E-state index contributed by atoms with van der Waals surface area (Å²) in [4.78, 5) is 25.9. The van der Waals surface area contributed by atoms with Crippen molar-refractivity contribution in [2.24, 2.45) is 5.92 Å². The summed E-state index contributed by atoms with van der Waals surface area (Å²) in [6.07, 6.45) is 11.4. The zero-order valence-electron chi connectivity index (χ0n) is 14.4. The number of rotatable bonds is 3. The molecule has 0 aliphatic carbocycles. The smallest absolute Gasteiger partial charge is 0.227 e. The fourth-order valence-electron chi connectivity index (χ4n) is 3.94. The molecular weight excluding hydrogens is 316 g/mol. The minimum atomic E-state index is 0.0360. The van der Waals surface area contributed by atoms with Gasteiger partial charge in [0.2, 0.25) is 11.9 Å². The van der Waals surface area contributed by atoms with Gasteiger partial charge in [-0.15, -0.1) is 0 Å². The van der Waals surface area contributed by atoms with Crippen LogP contribution >= 0.6 is 0 Å². The molecule has 0 bridgehead atoms. The molecule has 0 spiro atoms. The molecule has 0 unspecified atom stereocenters. The van der Waals surface area contributed by atoms with Crippen LogP contribution in [0.2, 0.25) is 0 Å². The van der Waals surface area contributed by atoms with E-state index in [-0.39, 0.29) is 11.8 Å². The highest BCUT2D eigenvalue weighted by Gasteiger charge is 2.33. The van der Waals surface area contributed by atoms with Crippen LogP contribution < -0.4 is 4.90 Å². The Balaban J connectivity index is 1.41. The monoisotopic (exact) mass is 340 g/mol. The van der Waals surface area contributed by atoms with Crippen molar-refractivity contribution >= 4 is 11.9 Å². The van der Waals surface area contributed by atoms with Crippen LogP contribution in [0.15, 0.2) is 36.9 Å². The van der Waals surface area contributed by atoms with E-state index < -0.39 is 0 Å². The molecule has 4 rings (SSSR count). The molecule has 2 atom stereocenters. The highest BCUT2D eigenvalue weighted by molar-refractivity contribution is 5.79. The van der Waals surface area contributed by atoms with Crippen LogP contribution in [0.4, 0.5) is 5.95 Å². The van der Waals surface area contributed by atoms with Crippen molar-refractivity contribution in [1.29, 1.82) is 0 Å². The zero-order chi connectivity index (χ0) is 17.1. The molecule has 0 N–H and O–H groups in total. The highest BCUT2D eigenvalue weighted by Crippen LogP contribution is 2.26. The minimum absolute atomic E-state index is 0.0360. The molecule has 2 saturated heterocycles. The van der Waals surface area contributed by atoms with Crippen LogP contribution in [0.1, 0.15) is 31.7 Å². The predicted octanol–water partition coefficient (Wildman–Crippen LogP) is 1.75. The molecule has 2 fully saturated rings. The molecule has 25 heavy (non-hydrogen) atoms. The first kappa shape index (κ1) is 16.1. The number of carbonyl (C=O) groups is 1. The Kier molecular flexibility index (Phi) is 4.63. The van der Waals surface area contributed by atoms with Gasteiger partial charge < -0.3 is 9.80 Å². The molecule has 7 nitrogen and oxygen atoms in total. The Morgan fingerprint density at radius 2 is 1.84 bits per heavy atom. The maximum Gasteiger partial charge on any atom is 0.227 e. The lowest BCUT2D eigenvalue weighted by Gasteiger charge is -2.38. The number of hydrogen-bond acceptors (Lipinski definition) is 5. The summed E-state index contributed by atoms with van der Waals surface area (Å²) in [7, 11) is 0. The maximum atomic E-state index is 13.1. The number of likely N-dealkylation sites (tertiary alicyclic amines) is 1. The lowest BCUT2D eigenvalue weighted by atomic mass is 9.95. The standard InChI is InChI=1S/C18H24N6O/c25-17(22-10-2-6-16(14-22)24-12-4-9-21-24)15-5-1-11-23(13-15)18-19-7-3-8-20-18/h3-4,7-9,12,15-16H,1-2,5-6,10-11,13-14H2/t15-,16+/m0/s1. The summed E-state index contributed by atoms with van der Waals surface area (Å²) in [5, 5.41) is 4.35. The average molecular weight is 340 g/mol. The second-order valence-corrected chi connectivity index (χ2v) is 6.90. The minimum Gasteiger partial charge on any atom is -0.340 e. The van der Waals surface area contributed by atoms with Crippen molar-refractivity contribution < 1.29 is 4.79 Å². The lowest BCUT2D eigenvalue weighted by molar-refractivity contribution is -0.137. The summed E-state index contributed by atoms with van der Waals surface area (Å²) in [5.41, 5.74) is 0. The van der Waals surface area contributed by atoms with Crippen molar-refractivity contribution in [3.05, 3.63) is 36.9 Å². The first-order valence-electron chi connectivity index (χ1n) is 9.11. The zero-order valence-corrected chi connectivity index (χ0v) is 14.4. The molecule has 4 heterocycles. The van der Waals surface area contributed by atoms with Gasteiger partial charge in [0.15, 0.2) is 0 Å². The number of amides is 1. The summed E-state index contributed by atoms with van der Waals surface area (Å²) < 4.78 is 1.99. The summed E-state index contributed by atoms with van der Waals surface area (Å²) in [5.74, 6) is 1.04. The highest BCUT2D eigenvalue weighted by atomic mass is 16.2. The predicted molar refractivity (Wildman–Crippen MR) is 94.0 cm³/mol. The van der Waals surface area contributed by atoms with E-state index in [2.05, 4.69) is 20.0 Å². The maximum absolute atomic E-state index is 13.1. The van der Waals surface area contributed by atoms with Crippen LogP contribution in [-0.4, -0.2) is 56.7 Å². The summed E-state index contributed by atoms with van der Waals surface area (Å²) in [6.45, 7) is 3.25. The largest absolute Gasteiger partial charge is 0.340 e. The number of aromatic nitrogens is 4. The van der Waals surface area contributed by atoms with Gasteiger partial charge >= 0.3 is 0 Å². The van der Waals surface area contributed by atoms with Gasteiger partial charge in [0, 0.05) is 51.0 Å². The van der Waals surface area contributed by atoms with Crippen LogP contribution in [0.25, 0.3) is 0 Å². The Bertz CT molecular complexity index is 689. The van der Waals surface area contributed by atoms with Crippen molar-refractivity contribution in [3.8, 4) is 0 Å². The van der Waals surface area contributed by atoms with Gasteiger partial charge in [-0.3, -0.25) is 9.48 Å². The van der Waals surface area contributed by atoms with Crippen LogP contribution in [0.5, 0.6) is 0 Å². The topological polar surface area (TPSA) is 67.2 Å². The summed E-state index contributed by atoms with van der Waals surface area (Å²) >= 11 is 0.